The molecule has 4 heteroatoms. The third-order valence-electron chi connectivity index (χ3n) is 2.30. The van der Waals surface area contributed by atoms with E-state index in [2.05, 4.69) is 0 Å². The fourth-order valence-corrected chi connectivity index (χ4v) is 1.43. The first-order chi connectivity index (χ1) is 7.63. The highest BCUT2D eigenvalue weighted by Gasteiger charge is 2.08. The summed E-state index contributed by atoms with van der Waals surface area (Å²) in [6.07, 6.45) is 1.12. The molecule has 0 N–H and O–H groups in total. The van der Waals surface area contributed by atoms with Crippen LogP contribution in [0.4, 0.5) is 0 Å². The van der Waals surface area contributed by atoms with Gasteiger partial charge in [0, 0.05) is 5.56 Å². The van der Waals surface area contributed by atoms with Crippen molar-refractivity contribution >= 4 is 16.8 Å². The fourth-order valence-electron chi connectivity index (χ4n) is 1.43. The number of benzene rings is 1. The number of hydrogen-bond acceptors (Lipinski definition) is 4. The molecule has 0 saturated carbocycles. The zero-order valence-corrected chi connectivity index (χ0v) is 8.48. The minimum Gasteiger partial charge on any atom is -0.463 e. The van der Waals surface area contributed by atoms with Gasteiger partial charge in [-0.25, -0.2) is 0 Å². The maximum atomic E-state index is 11.7. The van der Waals surface area contributed by atoms with E-state index in [0.29, 0.717) is 11.1 Å². The Bertz CT molecular complexity index is 677. The van der Waals surface area contributed by atoms with Gasteiger partial charge in [0.05, 0.1) is 5.39 Å². The molecule has 0 fully saturated rings. The van der Waals surface area contributed by atoms with E-state index in [4.69, 9.17) is 9.68 Å². The predicted octanol–water partition coefficient (Wildman–Crippen LogP) is 1.87. The van der Waals surface area contributed by atoms with Gasteiger partial charge in [-0.15, -0.1) is 0 Å². The summed E-state index contributed by atoms with van der Waals surface area (Å²) in [6.45, 7) is 1.41. The van der Waals surface area contributed by atoms with Crippen molar-refractivity contribution in [2.24, 2.45) is 0 Å². The fraction of sp³-hybridized carbons (Fsp3) is 0.0833. The van der Waals surface area contributed by atoms with Gasteiger partial charge < -0.3 is 4.42 Å². The van der Waals surface area contributed by atoms with Crippen LogP contribution in [-0.2, 0) is 0 Å². The molecule has 1 aromatic heterocycles. The van der Waals surface area contributed by atoms with Crippen LogP contribution in [0.3, 0.4) is 0 Å². The quantitative estimate of drug-likeness (QED) is 0.678. The molecule has 4 nitrogen and oxygen atoms in total. The van der Waals surface area contributed by atoms with Crippen molar-refractivity contribution in [3.8, 4) is 6.07 Å². The number of nitrogens with zero attached hydrogens (tertiary/aromatic N) is 1. The van der Waals surface area contributed by atoms with Crippen molar-refractivity contribution in [3.63, 3.8) is 0 Å². The summed E-state index contributed by atoms with van der Waals surface area (Å²) in [7, 11) is 0. The average molecular weight is 213 g/mol. The number of carbonyl (C=O) groups is 1. The van der Waals surface area contributed by atoms with Gasteiger partial charge in [0.2, 0.25) is 5.43 Å². The van der Waals surface area contributed by atoms with E-state index < -0.39 is 5.43 Å². The zero-order chi connectivity index (χ0) is 11.7. The summed E-state index contributed by atoms with van der Waals surface area (Å²) in [4.78, 5) is 22.9. The van der Waals surface area contributed by atoms with E-state index in [0.717, 1.165) is 6.26 Å². The number of nitriles is 1. The van der Waals surface area contributed by atoms with Crippen LogP contribution in [0.2, 0.25) is 0 Å². The maximum Gasteiger partial charge on any atom is 0.210 e. The molecule has 1 aromatic carbocycles. The molecule has 0 atom stereocenters. The number of rotatable bonds is 1. The van der Waals surface area contributed by atoms with Gasteiger partial charge in [-0.3, -0.25) is 9.59 Å². The van der Waals surface area contributed by atoms with E-state index in [-0.39, 0.29) is 16.7 Å². The maximum absolute atomic E-state index is 11.7. The number of carbonyl (C=O) groups excluding carboxylic acids is 1. The van der Waals surface area contributed by atoms with Crippen molar-refractivity contribution in [3.05, 3.63) is 45.8 Å². The molecular formula is C12H7NO3. The molecule has 0 amide bonds. The van der Waals surface area contributed by atoms with Crippen LogP contribution in [0.1, 0.15) is 22.8 Å². The minimum absolute atomic E-state index is 0.0618. The van der Waals surface area contributed by atoms with Crippen LogP contribution in [0.15, 0.2) is 33.7 Å². The summed E-state index contributed by atoms with van der Waals surface area (Å²) < 4.78 is 5.12. The second kappa shape index (κ2) is 3.63. The second-order valence-corrected chi connectivity index (χ2v) is 3.36. The van der Waals surface area contributed by atoms with Crippen molar-refractivity contribution in [1.82, 2.24) is 0 Å². The summed E-state index contributed by atoms with van der Waals surface area (Å²) in [6, 6.07) is 6.33. The van der Waals surface area contributed by atoms with Crippen LogP contribution in [-0.4, -0.2) is 5.78 Å². The summed E-state index contributed by atoms with van der Waals surface area (Å²) in [5, 5.41) is 8.94. The summed E-state index contributed by atoms with van der Waals surface area (Å²) in [5.41, 5.74) is 0.323. The largest absolute Gasteiger partial charge is 0.463 e. The van der Waals surface area contributed by atoms with Gasteiger partial charge in [-0.05, 0) is 25.1 Å². The smallest absolute Gasteiger partial charge is 0.210 e. The number of Topliss-reactive ketones (excluding diaryl/α,β-unsaturated/α-hetero) is 1. The van der Waals surface area contributed by atoms with Gasteiger partial charge in [0.1, 0.15) is 23.5 Å². The third kappa shape index (κ3) is 1.48. The molecule has 2 aromatic rings. The Morgan fingerprint density at radius 2 is 2.19 bits per heavy atom. The number of fused-ring (bicyclic) bond motifs is 1. The van der Waals surface area contributed by atoms with Crippen LogP contribution < -0.4 is 5.43 Å². The molecule has 0 aliphatic carbocycles. The molecule has 2 rings (SSSR count). The summed E-state index contributed by atoms with van der Waals surface area (Å²) in [5.74, 6) is -0.135. The Labute approximate surface area is 90.7 Å². The van der Waals surface area contributed by atoms with Gasteiger partial charge in [-0.1, -0.05) is 0 Å². The van der Waals surface area contributed by atoms with E-state index in [1.165, 1.54) is 13.0 Å². The molecule has 0 aliphatic heterocycles. The predicted molar refractivity (Wildman–Crippen MR) is 57.2 cm³/mol. The van der Waals surface area contributed by atoms with Gasteiger partial charge in [0.25, 0.3) is 0 Å². The minimum atomic E-state index is -0.410. The van der Waals surface area contributed by atoms with E-state index in [1.807, 2.05) is 0 Å². The monoisotopic (exact) mass is 213 g/mol. The average Bonchev–Trinajstić information content (AvgIpc) is 2.29. The Morgan fingerprint density at radius 3 is 2.81 bits per heavy atom. The number of ketones is 1. The van der Waals surface area contributed by atoms with E-state index in [1.54, 1.807) is 18.2 Å². The van der Waals surface area contributed by atoms with E-state index >= 15 is 0 Å². The Morgan fingerprint density at radius 1 is 1.44 bits per heavy atom. The molecule has 16 heavy (non-hydrogen) atoms. The lowest BCUT2D eigenvalue weighted by Crippen LogP contribution is -2.06. The van der Waals surface area contributed by atoms with Crippen LogP contribution >= 0.6 is 0 Å². The Kier molecular flexibility index (Phi) is 2.29. The summed E-state index contributed by atoms with van der Waals surface area (Å²) >= 11 is 0. The first-order valence-electron chi connectivity index (χ1n) is 4.60. The molecule has 0 aliphatic rings. The zero-order valence-electron chi connectivity index (χ0n) is 8.48. The lowest BCUT2D eigenvalue weighted by atomic mass is 10.1. The van der Waals surface area contributed by atoms with Crippen LogP contribution in [0.5, 0.6) is 0 Å². The third-order valence-corrected chi connectivity index (χ3v) is 2.30. The number of hydrogen-bond donors (Lipinski definition) is 0. The van der Waals surface area contributed by atoms with Crippen molar-refractivity contribution in [2.75, 3.05) is 0 Å². The first-order valence-corrected chi connectivity index (χ1v) is 4.60. The van der Waals surface area contributed by atoms with Crippen molar-refractivity contribution < 1.29 is 9.21 Å². The Balaban J connectivity index is 2.86. The molecule has 0 radical (unpaired) electrons. The molecule has 0 spiro atoms. The topological polar surface area (TPSA) is 71.1 Å². The molecular weight excluding hydrogens is 206 g/mol. The lowest BCUT2D eigenvalue weighted by molar-refractivity contribution is 0.101. The normalized spacial score (nSPS) is 10.0. The Hall–Kier alpha value is -2.41. The molecule has 1 heterocycles. The van der Waals surface area contributed by atoms with Gasteiger partial charge in [0.15, 0.2) is 5.78 Å². The SMILES string of the molecule is CC(=O)c1ccc2occ(C#N)c(=O)c2c1. The standard InChI is InChI=1S/C12H7NO3/c1-7(14)8-2-3-11-10(4-8)12(15)9(5-13)6-16-11/h2-4,6H,1H3. The van der Waals surface area contributed by atoms with Crippen LogP contribution in [0.25, 0.3) is 11.0 Å². The van der Waals surface area contributed by atoms with Crippen molar-refractivity contribution in [1.29, 1.82) is 5.26 Å². The van der Waals surface area contributed by atoms with Gasteiger partial charge >= 0.3 is 0 Å². The highest BCUT2D eigenvalue weighted by atomic mass is 16.3. The lowest BCUT2D eigenvalue weighted by Gasteiger charge is -1.99. The highest BCUT2D eigenvalue weighted by Crippen LogP contribution is 2.13. The van der Waals surface area contributed by atoms with E-state index in [9.17, 15) is 9.59 Å². The second-order valence-electron chi connectivity index (χ2n) is 3.36. The molecule has 0 bridgehead atoms. The molecule has 0 unspecified atom stereocenters. The first kappa shape index (κ1) is 10.1. The van der Waals surface area contributed by atoms with Crippen molar-refractivity contribution in [2.45, 2.75) is 6.92 Å². The van der Waals surface area contributed by atoms with Gasteiger partial charge in [-0.2, -0.15) is 5.26 Å². The molecule has 78 valence electrons. The molecule has 0 saturated heterocycles. The van der Waals surface area contributed by atoms with Crippen LogP contribution in [0, 0.1) is 11.3 Å². The highest BCUT2D eigenvalue weighted by molar-refractivity contribution is 5.97.